The van der Waals surface area contributed by atoms with Gasteiger partial charge in [-0.15, -0.1) is 0 Å². The summed E-state index contributed by atoms with van der Waals surface area (Å²) in [5.41, 5.74) is 28.1. The number of methoxy groups -OCH3 is 1. The number of rotatable bonds is 17. The molecule has 0 aliphatic carbocycles. The van der Waals surface area contributed by atoms with Crippen molar-refractivity contribution in [3.63, 3.8) is 0 Å². The number of nitrogens with zero attached hydrogens (tertiary/aromatic N) is 9. The van der Waals surface area contributed by atoms with Crippen molar-refractivity contribution in [1.29, 1.82) is 0 Å². The highest BCUT2D eigenvalue weighted by molar-refractivity contribution is 7.80. The van der Waals surface area contributed by atoms with Crippen molar-refractivity contribution in [2.75, 3.05) is 7.11 Å². The first kappa shape index (κ1) is 52.3. The lowest BCUT2D eigenvalue weighted by Crippen LogP contribution is -2.62. The molecule has 0 radical (unpaired) electrons. The molecule has 0 aromatic heterocycles. The Hall–Kier alpha value is -3.66. The second-order valence-electron chi connectivity index (χ2n) is 17.3. The van der Waals surface area contributed by atoms with Crippen LogP contribution < -0.4 is 0 Å². The minimum atomic E-state index is -5.20. The van der Waals surface area contributed by atoms with Gasteiger partial charge in [-0.05, 0) is 67.5 Å². The molecule has 0 bridgehead atoms. The first-order valence-corrected chi connectivity index (χ1v) is 22.6. The fourth-order valence-corrected chi connectivity index (χ4v) is 9.62. The standard InChI is InChI=1S/C37H59N9O18S/c1-13-14(2)24(42-45-39)35(55-19(13)7)60-27-15(3)16(4)32(62-30(27)31(48)49)58-23-11-22(41-44-38)33(56-20(23)8)61-28-18(6)29(64-65(50,51)52)37(63-36(28)54-12-47)59-26-17(5)25(43-46-40)34(53-10)57-21(26)9/h12-30,32-37H,11H2,1-10H3,(H,48,49)(H,50,51,52)/t13-,14+,15-,16?,17-,18+,19?,20?,21?,22?,23-,24?,25?,26-,27-,28-,29?,30?,32-,33+,34-,35+,36?,37-/m1/s1. The van der Waals surface area contributed by atoms with Crippen LogP contribution in [0.5, 0.6) is 0 Å². The molecular formula is C37H59N9O18S. The molecule has 0 aromatic carbocycles. The Labute approximate surface area is 375 Å². The fraction of sp³-hybridized carbons (Fsp3) is 0.946. The Morgan fingerprint density at radius 2 is 1.20 bits per heavy atom. The molecule has 5 saturated heterocycles. The molecule has 5 rings (SSSR count). The lowest BCUT2D eigenvalue weighted by molar-refractivity contribution is -0.376. The summed E-state index contributed by atoms with van der Waals surface area (Å²) in [7, 11) is -3.84. The molecule has 0 amide bonds. The summed E-state index contributed by atoms with van der Waals surface area (Å²) < 4.78 is 105. The van der Waals surface area contributed by atoms with Crippen molar-refractivity contribution < 1.29 is 84.0 Å². The third-order valence-corrected chi connectivity index (χ3v) is 13.9. The van der Waals surface area contributed by atoms with Crippen molar-refractivity contribution in [3.05, 3.63) is 31.3 Å². The van der Waals surface area contributed by atoms with E-state index in [-0.39, 0.29) is 30.8 Å². The molecule has 5 fully saturated rings. The van der Waals surface area contributed by atoms with Crippen LogP contribution in [0.25, 0.3) is 31.3 Å². The van der Waals surface area contributed by atoms with E-state index in [0.29, 0.717) is 0 Å². The quantitative estimate of drug-likeness (QED) is 0.0666. The van der Waals surface area contributed by atoms with Gasteiger partial charge in [-0.3, -0.25) is 9.35 Å². The van der Waals surface area contributed by atoms with Gasteiger partial charge < -0.3 is 57.2 Å². The molecule has 2 N–H and O–H groups in total. The Balaban J connectivity index is 1.33. The van der Waals surface area contributed by atoms with Crippen LogP contribution in [0.4, 0.5) is 0 Å². The largest absolute Gasteiger partial charge is 0.479 e. The summed E-state index contributed by atoms with van der Waals surface area (Å²) >= 11 is 0. The SMILES string of the molecule is CO[C@@H]1OC(C)[C@H](O[C@@H]2OC(OC=O)[C@H](O[C@@H]3OC(C)[C@H](O[C@@H]4OC(C(=O)O)[C@H](O[C@@H]5OC(C)[C@H](C)[C@H](C)C5N=[N+]=[N-])[C@H](C)C4C)CC3N=[N+]=[N-])[C@H](C)C2OS(=O)(=O)O)[C@H](C)C1N=[N+]=[N-]. The van der Waals surface area contributed by atoms with Gasteiger partial charge in [-0.1, -0.05) is 56.9 Å². The van der Waals surface area contributed by atoms with Crippen molar-refractivity contribution in [2.24, 2.45) is 50.9 Å². The van der Waals surface area contributed by atoms with E-state index < -0.39 is 145 Å². The highest BCUT2D eigenvalue weighted by atomic mass is 32.3. The number of carboxylic acids is 1. The highest BCUT2D eigenvalue weighted by Crippen LogP contribution is 2.42. The summed E-state index contributed by atoms with van der Waals surface area (Å²) in [6.07, 6.45) is -17.4. The topological polar surface area (TPSA) is 366 Å². The summed E-state index contributed by atoms with van der Waals surface area (Å²) in [4.78, 5) is 33.3. The van der Waals surface area contributed by atoms with Gasteiger partial charge in [-0.2, -0.15) is 8.42 Å². The number of hydrogen-bond acceptors (Lipinski definition) is 19. The lowest BCUT2D eigenvalue weighted by Gasteiger charge is -2.49. The van der Waals surface area contributed by atoms with Gasteiger partial charge in [0.2, 0.25) is 6.29 Å². The number of carbonyl (C=O) groups excluding carboxylic acids is 1. The smallest absolute Gasteiger partial charge is 0.397 e. The molecular weight excluding hydrogens is 891 g/mol. The van der Waals surface area contributed by atoms with E-state index in [1.54, 1.807) is 34.6 Å². The Morgan fingerprint density at radius 3 is 1.78 bits per heavy atom. The van der Waals surface area contributed by atoms with Crippen LogP contribution in [0.1, 0.15) is 68.7 Å². The van der Waals surface area contributed by atoms with Crippen LogP contribution in [-0.2, 0) is 76.3 Å². The van der Waals surface area contributed by atoms with Crippen molar-refractivity contribution in [2.45, 2.75) is 180 Å². The molecule has 65 heavy (non-hydrogen) atoms. The summed E-state index contributed by atoms with van der Waals surface area (Å²) in [6, 6.07) is -2.80. The zero-order valence-electron chi connectivity index (χ0n) is 37.5. The van der Waals surface area contributed by atoms with Gasteiger partial charge in [0, 0.05) is 33.7 Å². The molecule has 28 heteroatoms. The zero-order valence-corrected chi connectivity index (χ0v) is 38.3. The van der Waals surface area contributed by atoms with E-state index in [9.17, 15) is 44.3 Å². The van der Waals surface area contributed by atoms with Crippen LogP contribution >= 0.6 is 0 Å². The monoisotopic (exact) mass is 949 g/mol. The summed E-state index contributed by atoms with van der Waals surface area (Å²) in [6.45, 7) is 15.7. The third kappa shape index (κ3) is 11.9. The zero-order chi connectivity index (χ0) is 48.1. The lowest BCUT2D eigenvalue weighted by atomic mass is 9.82. The van der Waals surface area contributed by atoms with Crippen molar-refractivity contribution >= 4 is 22.8 Å². The van der Waals surface area contributed by atoms with Crippen LogP contribution in [0.3, 0.4) is 0 Å². The maximum atomic E-state index is 12.7. The average molecular weight is 950 g/mol. The van der Waals surface area contributed by atoms with E-state index in [1.807, 2.05) is 20.8 Å². The van der Waals surface area contributed by atoms with Crippen molar-refractivity contribution in [1.82, 2.24) is 0 Å². The van der Waals surface area contributed by atoms with Crippen LogP contribution in [0.15, 0.2) is 15.3 Å². The van der Waals surface area contributed by atoms with E-state index in [4.69, 9.17) is 56.3 Å². The predicted molar refractivity (Wildman–Crippen MR) is 216 cm³/mol. The molecule has 366 valence electrons. The molecule has 0 saturated carbocycles. The van der Waals surface area contributed by atoms with Crippen molar-refractivity contribution in [3.8, 4) is 0 Å². The molecule has 5 heterocycles. The molecule has 5 aliphatic rings. The minimum absolute atomic E-state index is 0.0204. The molecule has 10 unspecified atom stereocenters. The van der Waals surface area contributed by atoms with E-state index in [2.05, 4.69) is 30.1 Å². The average Bonchev–Trinajstić information content (AvgIpc) is 3.24. The Morgan fingerprint density at radius 1 is 0.615 bits per heavy atom. The molecule has 27 nitrogen and oxygen atoms in total. The molecule has 0 aromatic rings. The number of carboxylic acid groups (broad SMARTS) is 1. The maximum absolute atomic E-state index is 12.7. The predicted octanol–water partition coefficient (Wildman–Crippen LogP) is 4.50. The normalized spacial score (nSPS) is 45.8. The summed E-state index contributed by atoms with van der Waals surface area (Å²) in [5, 5.41) is 21.9. The number of aliphatic carboxylic acids is 1. The van der Waals surface area contributed by atoms with Gasteiger partial charge in [0.05, 0.1) is 48.6 Å². The fourth-order valence-electron chi connectivity index (χ4n) is 9.07. The van der Waals surface area contributed by atoms with Gasteiger partial charge in [-0.25, -0.2) is 8.98 Å². The van der Waals surface area contributed by atoms with E-state index in [1.165, 1.54) is 14.0 Å². The Bertz CT molecular complexity index is 1910. The van der Waals surface area contributed by atoms with Gasteiger partial charge in [0.15, 0.2) is 37.6 Å². The molecule has 24 atom stereocenters. The minimum Gasteiger partial charge on any atom is -0.479 e. The summed E-state index contributed by atoms with van der Waals surface area (Å²) in [5.74, 6) is -4.26. The number of azide groups is 3. The van der Waals surface area contributed by atoms with E-state index in [0.717, 1.165) is 0 Å². The number of hydrogen-bond donors (Lipinski definition) is 2. The highest BCUT2D eigenvalue weighted by Gasteiger charge is 2.55. The second kappa shape index (κ2) is 22.4. The third-order valence-electron chi connectivity index (χ3n) is 13.4. The number of ether oxygens (including phenoxy) is 11. The van der Waals surface area contributed by atoms with Crippen LogP contribution in [0.2, 0.25) is 0 Å². The van der Waals surface area contributed by atoms with Gasteiger partial charge in [0.1, 0.15) is 18.3 Å². The maximum Gasteiger partial charge on any atom is 0.397 e. The molecule has 0 spiro atoms. The number of carbonyl (C=O) groups is 2. The van der Waals surface area contributed by atoms with E-state index >= 15 is 0 Å². The van der Waals surface area contributed by atoms with Gasteiger partial charge in [0.25, 0.3) is 6.47 Å². The second-order valence-corrected chi connectivity index (χ2v) is 18.3. The van der Waals surface area contributed by atoms with Gasteiger partial charge >= 0.3 is 16.4 Å². The van der Waals surface area contributed by atoms with Crippen LogP contribution in [-0.4, -0.2) is 148 Å². The first-order chi connectivity index (χ1) is 30.7. The van der Waals surface area contributed by atoms with Crippen LogP contribution in [0, 0.1) is 35.5 Å². The Kier molecular flexibility index (Phi) is 18.0. The molecule has 5 aliphatic heterocycles. The first-order valence-electron chi connectivity index (χ1n) is 21.2.